The molecule has 0 unspecified atom stereocenters. The second kappa shape index (κ2) is 8.97. The third-order valence-electron chi connectivity index (χ3n) is 5.05. The molecule has 0 fully saturated rings. The molecule has 2 N–H and O–H groups in total. The summed E-state index contributed by atoms with van der Waals surface area (Å²) >= 11 is 6.23. The van der Waals surface area contributed by atoms with E-state index in [0.29, 0.717) is 6.54 Å². The van der Waals surface area contributed by atoms with Gasteiger partial charge in [-0.15, -0.1) is 0 Å². The quantitative estimate of drug-likeness (QED) is 0.554. The van der Waals surface area contributed by atoms with Crippen LogP contribution in [0.3, 0.4) is 0 Å². The Morgan fingerprint density at radius 3 is 2.72 bits per heavy atom. The van der Waals surface area contributed by atoms with E-state index in [4.69, 9.17) is 16.3 Å². The van der Waals surface area contributed by atoms with E-state index in [1.165, 1.54) is 5.56 Å². The van der Waals surface area contributed by atoms with Gasteiger partial charge < -0.3 is 10.1 Å². The fourth-order valence-electron chi connectivity index (χ4n) is 3.52. The first kappa shape index (κ1) is 22.4. The van der Waals surface area contributed by atoms with Crippen molar-refractivity contribution in [2.45, 2.75) is 30.9 Å². The van der Waals surface area contributed by atoms with Crippen molar-refractivity contribution in [3.05, 3.63) is 76.1 Å². The zero-order valence-electron chi connectivity index (χ0n) is 16.9. The molecule has 0 radical (unpaired) electrons. The van der Waals surface area contributed by atoms with Gasteiger partial charge in [0, 0.05) is 12.6 Å². The van der Waals surface area contributed by atoms with Crippen LogP contribution < -0.4 is 14.8 Å². The lowest BCUT2D eigenvalue weighted by Gasteiger charge is -2.24. The smallest absolute Gasteiger partial charge is 0.267 e. The van der Waals surface area contributed by atoms with E-state index in [-0.39, 0.29) is 10.8 Å². The van der Waals surface area contributed by atoms with Crippen molar-refractivity contribution in [2.24, 2.45) is 0 Å². The van der Waals surface area contributed by atoms with Gasteiger partial charge in [-0.2, -0.15) is 0 Å². The number of benzene rings is 2. The second-order valence-electron chi connectivity index (χ2n) is 7.22. The van der Waals surface area contributed by atoms with Crippen molar-refractivity contribution in [3.8, 4) is 5.75 Å². The van der Waals surface area contributed by atoms with Crippen molar-refractivity contribution < 1.29 is 21.9 Å². The van der Waals surface area contributed by atoms with Gasteiger partial charge in [0.25, 0.3) is 10.0 Å². The summed E-state index contributed by atoms with van der Waals surface area (Å²) in [4.78, 5) is 6.30. The molecule has 3 aromatic rings. The summed E-state index contributed by atoms with van der Waals surface area (Å²) in [5.41, 5.74) is 3.30. The van der Waals surface area contributed by atoms with Crippen molar-refractivity contribution in [1.29, 1.82) is 0 Å². The van der Waals surface area contributed by atoms with Crippen LogP contribution in [0.1, 0.15) is 29.7 Å². The lowest BCUT2D eigenvalue weighted by Crippen LogP contribution is -2.25. The molecule has 0 spiro atoms. The maximum atomic E-state index is 14.8. The van der Waals surface area contributed by atoms with Gasteiger partial charge in [0.2, 0.25) is 5.95 Å². The second-order valence-corrected chi connectivity index (χ2v) is 9.27. The normalized spacial score (nSPS) is 14.5. The van der Waals surface area contributed by atoms with E-state index in [9.17, 15) is 17.2 Å². The van der Waals surface area contributed by atoms with Crippen LogP contribution in [-0.2, 0) is 23.0 Å². The molecular weight excluding hydrogens is 462 g/mol. The summed E-state index contributed by atoms with van der Waals surface area (Å²) in [5, 5.41) is 3.24. The molecule has 1 aromatic heterocycles. The van der Waals surface area contributed by atoms with Gasteiger partial charge in [-0.25, -0.2) is 31.9 Å². The molecule has 7 nitrogen and oxygen atoms in total. The maximum absolute atomic E-state index is 14.8. The molecule has 2 heterocycles. The van der Waals surface area contributed by atoms with Gasteiger partial charge in [-0.3, -0.25) is 0 Å². The monoisotopic (exact) mass is 480 g/mol. The van der Waals surface area contributed by atoms with E-state index >= 15 is 0 Å². The number of rotatable bonds is 6. The largest absolute Gasteiger partial charge is 0.484 e. The molecule has 0 bridgehead atoms. The molecule has 1 atom stereocenters. The average Bonchev–Trinajstić information content (AvgIpc) is 2.77. The summed E-state index contributed by atoms with van der Waals surface area (Å²) in [6, 6.07) is 7.82. The average molecular weight is 481 g/mol. The summed E-state index contributed by atoms with van der Waals surface area (Å²) < 4.78 is 60.6. The Hall–Kier alpha value is -2.82. The molecule has 168 valence electrons. The van der Waals surface area contributed by atoms with Crippen molar-refractivity contribution >= 4 is 27.6 Å². The third-order valence-corrected chi connectivity index (χ3v) is 6.68. The highest BCUT2D eigenvalue weighted by molar-refractivity contribution is 7.92. The van der Waals surface area contributed by atoms with E-state index in [0.717, 1.165) is 48.6 Å². The Balaban J connectivity index is 1.58. The standard InChI is InChI=1S/C21H19ClF2N4O3S/c1-12(15-4-2-3-13-5-6-25-11-16(13)15)31-19-8-18(24)20(7-17(19)22)32(29,30)28-21-26-9-14(23)10-27-21/h2-4,7-10,12,25H,5-6,11H2,1H3,(H,26,27,28)/t12-/m0/s1. The van der Waals surface area contributed by atoms with Crippen LogP contribution in [0, 0.1) is 11.6 Å². The van der Waals surface area contributed by atoms with Crippen LogP contribution >= 0.6 is 11.6 Å². The van der Waals surface area contributed by atoms with Crippen molar-refractivity contribution in [2.75, 3.05) is 11.3 Å². The minimum atomic E-state index is -4.41. The first-order chi connectivity index (χ1) is 15.2. The Bertz CT molecular complexity index is 1260. The van der Waals surface area contributed by atoms with Gasteiger partial charge in [0.15, 0.2) is 5.82 Å². The summed E-state index contributed by atoms with van der Waals surface area (Å²) in [6.45, 7) is 3.42. The molecule has 4 rings (SSSR count). The number of sulfonamides is 1. The number of nitrogens with zero attached hydrogens (tertiary/aromatic N) is 2. The van der Waals surface area contributed by atoms with Crippen LogP contribution in [0.15, 0.2) is 47.6 Å². The maximum Gasteiger partial charge on any atom is 0.267 e. The minimum absolute atomic E-state index is 0.00928. The minimum Gasteiger partial charge on any atom is -0.484 e. The van der Waals surface area contributed by atoms with Gasteiger partial charge in [-0.1, -0.05) is 29.8 Å². The number of halogens is 3. The van der Waals surface area contributed by atoms with Crippen LogP contribution in [0.2, 0.25) is 5.02 Å². The predicted molar refractivity (Wildman–Crippen MR) is 115 cm³/mol. The third kappa shape index (κ3) is 4.67. The first-order valence-electron chi connectivity index (χ1n) is 9.72. The van der Waals surface area contributed by atoms with Crippen molar-refractivity contribution in [1.82, 2.24) is 15.3 Å². The lowest BCUT2D eigenvalue weighted by atomic mass is 9.93. The van der Waals surface area contributed by atoms with Crippen LogP contribution in [0.5, 0.6) is 5.75 Å². The highest BCUT2D eigenvalue weighted by Crippen LogP contribution is 2.35. The number of aromatic nitrogens is 2. The predicted octanol–water partition coefficient (Wildman–Crippen LogP) is 3.99. The van der Waals surface area contributed by atoms with E-state index in [1.54, 1.807) is 0 Å². The van der Waals surface area contributed by atoms with E-state index in [1.807, 2.05) is 23.8 Å². The SMILES string of the molecule is C[C@H](Oc1cc(F)c(S(=O)(=O)Nc2ncc(F)cn2)cc1Cl)c1cccc2c1CNCC2. The molecule has 0 saturated carbocycles. The summed E-state index contributed by atoms with van der Waals surface area (Å²) in [7, 11) is -4.41. The molecule has 0 saturated heterocycles. The number of nitrogens with one attached hydrogen (secondary N) is 2. The fraction of sp³-hybridized carbons (Fsp3) is 0.238. The number of anilines is 1. The van der Waals surface area contributed by atoms with E-state index < -0.39 is 38.6 Å². The lowest BCUT2D eigenvalue weighted by molar-refractivity contribution is 0.224. The van der Waals surface area contributed by atoms with Gasteiger partial charge in [0.05, 0.1) is 17.4 Å². The zero-order valence-corrected chi connectivity index (χ0v) is 18.5. The Labute approximate surface area is 188 Å². The molecule has 32 heavy (non-hydrogen) atoms. The number of ether oxygens (including phenoxy) is 1. The molecule has 2 aromatic carbocycles. The highest BCUT2D eigenvalue weighted by atomic mass is 35.5. The molecule has 1 aliphatic heterocycles. The van der Waals surface area contributed by atoms with Crippen LogP contribution in [-0.4, -0.2) is 24.9 Å². The topological polar surface area (TPSA) is 93.2 Å². The van der Waals surface area contributed by atoms with Gasteiger partial charge in [-0.05, 0) is 42.6 Å². The van der Waals surface area contributed by atoms with Gasteiger partial charge >= 0.3 is 0 Å². The summed E-state index contributed by atoms with van der Waals surface area (Å²) in [5.74, 6) is -2.20. The zero-order chi connectivity index (χ0) is 22.9. The van der Waals surface area contributed by atoms with Gasteiger partial charge in [0.1, 0.15) is 22.6 Å². The highest BCUT2D eigenvalue weighted by Gasteiger charge is 2.24. The van der Waals surface area contributed by atoms with Crippen LogP contribution in [0.25, 0.3) is 0 Å². The molecule has 11 heteroatoms. The molecular formula is C21H19ClF2N4O3S. The van der Waals surface area contributed by atoms with E-state index in [2.05, 4.69) is 21.4 Å². The number of fused-ring (bicyclic) bond motifs is 1. The molecule has 1 aliphatic rings. The van der Waals surface area contributed by atoms with Crippen LogP contribution in [0.4, 0.5) is 14.7 Å². The fourth-order valence-corrected chi connectivity index (χ4v) is 4.84. The number of hydrogen-bond acceptors (Lipinski definition) is 6. The Morgan fingerprint density at radius 1 is 1.22 bits per heavy atom. The summed E-state index contributed by atoms with van der Waals surface area (Å²) in [6.07, 6.45) is 2.02. The molecule has 0 aliphatic carbocycles. The number of hydrogen-bond donors (Lipinski definition) is 2. The molecule has 0 amide bonds. The Morgan fingerprint density at radius 2 is 1.97 bits per heavy atom. The Kier molecular flexibility index (Phi) is 6.27. The van der Waals surface area contributed by atoms with Crippen molar-refractivity contribution in [3.63, 3.8) is 0 Å². The first-order valence-corrected chi connectivity index (χ1v) is 11.6.